The fourth-order valence-electron chi connectivity index (χ4n) is 2.49. The lowest BCUT2D eigenvalue weighted by molar-refractivity contribution is -0.127. The summed E-state index contributed by atoms with van der Waals surface area (Å²) in [6.45, 7) is 4.80. The molecule has 0 aromatic heterocycles. The molecular formula is C16H22N2O2S. The van der Waals surface area contributed by atoms with Gasteiger partial charge in [0.05, 0.1) is 0 Å². The molecule has 0 spiro atoms. The van der Waals surface area contributed by atoms with Gasteiger partial charge in [0.2, 0.25) is 5.91 Å². The van der Waals surface area contributed by atoms with Crippen molar-refractivity contribution in [3.8, 4) is 0 Å². The van der Waals surface area contributed by atoms with E-state index in [9.17, 15) is 9.59 Å². The lowest BCUT2D eigenvalue weighted by atomic mass is 10.2. The topological polar surface area (TPSA) is 49.4 Å². The number of carbonyl (C=O) groups excluding carboxylic acids is 2. The average molecular weight is 306 g/mol. The molecule has 0 saturated carbocycles. The number of likely N-dealkylation sites (tertiary alicyclic amines) is 1. The first-order valence-electron chi connectivity index (χ1n) is 7.35. The molecule has 114 valence electrons. The molecule has 1 unspecified atom stereocenters. The zero-order valence-corrected chi connectivity index (χ0v) is 13.2. The first-order chi connectivity index (χ1) is 10.1. The molecule has 0 aliphatic carbocycles. The Labute approximate surface area is 130 Å². The van der Waals surface area contributed by atoms with E-state index in [4.69, 9.17) is 0 Å². The van der Waals surface area contributed by atoms with Crippen LogP contribution < -0.4 is 5.32 Å². The lowest BCUT2D eigenvalue weighted by Gasteiger charge is -2.16. The van der Waals surface area contributed by atoms with E-state index in [1.54, 1.807) is 6.92 Å². The number of hydrogen-bond acceptors (Lipinski definition) is 4. The number of thioether (sulfide) groups is 1. The Morgan fingerprint density at radius 2 is 2.14 bits per heavy atom. The Bertz CT molecular complexity index is 478. The first-order valence-corrected chi connectivity index (χ1v) is 8.23. The summed E-state index contributed by atoms with van der Waals surface area (Å²) in [5.74, 6) is 0.178. The fraction of sp³-hybridized carbons (Fsp3) is 0.500. The number of nitrogens with zero attached hydrogens (tertiary/aromatic N) is 1. The van der Waals surface area contributed by atoms with Gasteiger partial charge in [-0.05, 0) is 18.5 Å². The van der Waals surface area contributed by atoms with E-state index in [2.05, 4.69) is 17.4 Å². The summed E-state index contributed by atoms with van der Waals surface area (Å²) in [5, 5.41) is 3.63. The Kier molecular flexibility index (Phi) is 6.26. The van der Waals surface area contributed by atoms with Gasteiger partial charge < -0.3 is 10.2 Å². The summed E-state index contributed by atoms with van der Waals surface area (Å²) in [6.07, 6.45) is 1.44. The minimum atomic E-state index is 0.0965. The van der Waals surface area contributed by atoms with Gasteiger partial charge in [0.15, 0.2) is 5.12 Å². The Morgan fingerprint density at radius 3 is 2.86 bits per heavy atom. The maximum absolute atomic E-state index is 11.8. The highest BCUT2D eigenvalue weighted by Gasteiger charge is 2.30. The Morgan fingerprint density at radius 1 is 1.38 bits per heavy atom. The van der Waals surface area contributed by atoms with Crippen LogP contribution in [0.5, 0.6) is 0 Å². The minimum absolute atomic E-state index is 0.0965. The van der Waals surface area contributed by atoms with E-state index in [0.29, 0.717) is 13.0 Å². The van der Waals surface area contributed by atoms with Crippen LogP contribution in [0.2, 0.25) is 0 Å². The summed E-state index contributed by atoms with van der Waals surface area (Å²) in [7, 11) is 0. The molecule has 1 N–H and O–H groups in total. The Hall–Kier alpha value is -1.33. The van der Waals surface area contributed by atoms with Crippen LogP contribution in [0.15, 0.2) is 30.3 Å². The monoisotopic (exact) mass is 306 g/mol. The molecule has 1 amide bonds. The highest BCUT2D eigenvalue weighted by molar-refractivity contribution is 8.14. The van der Waals surface area contributed by atoms with Crippen molar-refractivity contribution in [2.45, 2.75) is 31.6 Å². The van der Waals surface area contributed by atoms with Gasteiger partial charge in [0.25, 0.3) is 0 Å². The van der Waals surface area contributed by atoms with E-state index >= 15 is 0 Å². The van der Waals surface area contributed by atoms with Crippen molar-refractivity contribution in [2.75, 3.05) is 19.6 Å². The average Bonchev–Trinajstić information content (AvgIpc) is 2.79. The van der Waals surface area contributed by atoms with Gasteiger partial charge >= 0.3 is 0 Å². The van der Waals surface area contributed by atoms with Crippen molar-refractivity contribution in [2.24, 2.45) is 0 Å². The third-order valence-electron chi connectivity index (χ3n) is 3.47. The second kappa shape index (κ2) is 8.20. The summed E-state index contributed by atoms with van der Waals surface area (Å²) < 4.78 is 0. The maximum Gasteiger partial charge on any atom is 0.223 e. The van der Waals surface area contributed by atoms with Gasteiger partial charge in [-0.1, -0.05) is 42.1 Å². The van der Waals surface area contributed by atoms with Crippen LogP contribution in [0.3, 0.4) is 0 Å². The van der Waals surface area contributed by atoms with Crippen LogP contribution in [0, 0.1) is 0 Å². The zero-order chi connectivity index (χ0) is 15.1. The summed E-state index contributed by atoms with van der Waals surface area (Å²) in [5.41, 5.74) is 1.27. The SMILES string of the molecule is CC(=O)SC1CC(=O)N(CCCNCc2ccccc2)C1. The molecule has 2 rings (SSSR count). The van der Waals surface area contributed by atoms with Gasteiger partial charge in [0.1, 0.15) is 0 Å². The van der Waals surface area contributed by atoms with Gasteiger partial charge in [-0.3, -0.25) is 9.59 Å². The minimum Gasteiger partial charge on any atom is -0.341 e. The number of rotatable bonds is 7. The fourth-order valence-corrected chi connectivity index (χ4v) is 3.44. The van der Waals surface area contributed by atoms with E-state index in [1.165, 1.54) is 17.3 Å². The molecule has 1 saturated heterocycles. The largest absolute Gasteiger partial charge is 0.341 e. The lowest BCUT2D eigenvalue weighted by Crippen LogP contribution is -2.29. The number of benzene rings is 1. The standard InChI is InChI=1S/C16H22N2O2S/c1-13(19)21-15-10-16(20)18(12-15)9-5-8-17-11-14-6-3-2-4-7-14/h2-4,6-7,15,17H,5,8-12H2,1H3. The van der Waals surface area contributed by atoms with Crippen LogP contribution in [0.25, 0.3) is 0 Å². The van der Waals surface area contributed by atoms with Crippen molar-refractivity contribution in [3.05, 3.63) is 35.9 Å². The Balaban J connectivity index is 1.60. The highest BCUT2D eigenvalue weighted by atomic mass is 32.2. The molecule has 5 heteroatoms. The molecule has 4 nitrogen and oxygen atoms in total. The van der Waals surface area contributed by atoms with E-state index < -0.39 is 0 Å². The van der Waals surface area contributed by atoms with Crippen molar-refractivity contribution in [1.29, 1.82) is 0 Å². The second-order valence-electron chi connectivity index (χ2n) is 5.29. The van der Waals surface area contributed by atoms with Crippen molar-refractivity contribution in [1.82, 2.24) is 10.2 Å². The van der Waals surface area contributed by atoms with Gasteiger partial charge in [-0.15, -0.1) is 0 Å². The predicted octanol–water partition coefficient (Wildman–Crippen LogP) is 2.05. The third kappa shape index (κ3) is 5.52. The molecule has 1 aliphatic rings. The van der Waals surface area contributed by atoms with Crippen LogP contribution in [-0.4, -0.2) is 40.8 Å². The van der Waals surface area contributed by atoms with Crippen molar-refractivity contribution in [3.63, 3.8) is 0 Å². The molecule has 1 aliphatic heterocycles. The van der Waals surface area contributed by atoms with Gasteiger partial charge in [0, 0.05) is 38.2 Å². The normalized spacial score (nSPS) is 18.2. The summed E-state index contributed by atoms with van der Waals surface area (Å²) in [4.78, 5) is 24.8. The van der Waals surface area contributed by atoms with Crippen LogP contribution >= 0.6 is 11.8 Å². The van der Waals surface area contributed by atoms with E-state index in [1.807, 2.05) is 23.1 Å². The number of carbonyl (C=O) groups is 2. The maximum atomic E-state index is 11.8. The van der Waals surface area contributed by atoms with Crippen LogP contribution in [0.4, 0.5) is 0 Å². The van der Waals surface area contributed by atoms with Crippen LogP contribution in [-0.2, 0) is 16.1 Å². The second-order valence-corrected chi connectivity index (χ2v) is 6.77. The number of hydrogen-bond donors (Lipinski definition) is 1. The molecule has 1 aromatic carbocycles. The van der Waals surface area contributed by atoms with Gasteiger partial charge in [-0.2, -0.15) is 0 Å². The molecule has 1 heterocycles. The van der Waals surface area contributed by atoms with E-state index in [-0.39, 0.29) is 16.3 Å². The smallest absolute Gasteiger partial charge is 0.223 e. The number of nitrogens with one attached hydrogen (secondary N) is 1. The summed E-state index contributed by atoms with van der Waals surface area (Å²) in [6, 6.07) is 10.3. The summed E-state index contributed by atoms with van der Waals surface area (Å²) >= 11 is 1.29. The molecule has 1 aromatic rings. The first kappa shape index (κ1) is 16.0. The van der Waals surface area contributed by atoms with Gasteiger partial charge in [-0.25, -0.2) is 0 Å². The molecule has 1 atom stereocenters. The van der Waals surface area contributed by atoms with E-state index in [0.717, 1.165) is 26.1 Å². The molecule has 21 heavy (non-hydrogen) atoms. The highest BCUT2D eigenvalue weighted by Crippen LogP contribution is 2.24. The molecule has 0 radical (unpaired) electrons. The predicted molar refractivity (Wildman–Crippen MR) is 86.0 cm³/mol. The van der Waals surface area contributed by atoms with Crippen molar-refractivity contribution < 1.29 is 9.59 Å². The zero-order valence-electron chi connectivity index (χ0n) is 12.4. The van der Waals surface area contributed by atoms with Crippen molar-refractivity contribution >= 4 is 22.8 Å². The quantitative estimate of drug-likeness (QED) is 0.783. The number of amides is 1. The van der Waals surface area contributed by atoms with Crippen LogP contribution in [0.1, 0.15) is 25.3 Å². The molecule has 0 bridgehead atoms. The molecular weight excluding hydrogens is 284 g/mol. The third-order valence-corrected chi connectivity index (χ3v) is 4.45. The molecule has 1 fully saturated rings.